The highest BCUT2D eigenvalue weighted by Crippen LogP contribution is 2.40. The molecule has 0 heterocycles. The summed E-state index contributed by atoms with van der Waals surface area (Å²) >= 11 is 0. The number of rotatable bonds is 2. The minimum Gasteiger partial charge on any atom is -0.156 e. The van der Waals surface area contributed by atoms with Crippen LogP contribution < -0.4 is 5.54 Å². The van der Waals surface area contributed by atoms with Crippen molar-refractivity contribution in [2.24, 2.45) is 0 Å². The van der Waals surface area contributed by atoms with Gasteiger partial charge in [0.1, 0.15) is 0 Å². The molecule has 0 aromatic heterocycles. The van der Waals surface area contributed by atoms with Crippen LogP contribution in [0.25, 0.3) is 0 Å². The van der Waals surface area contributed by atoms with Crippen LogP contribution in [0.2, 0.25) is 0 Å². The molecule has 0 spiro atoms. The number of hydrogen-bond acceptors (Lipinski definition) is 1. The van der Waals surface area contributed by atoms with Crippen LogP contribution in [0, 0.1) is 0 Å². The molecule has 2 rings (SSSR count). The number of benzene rings is 1. The first-order chi connectivity index (χ1) is 5.42. The smallest absolute Gasteiger partial charge is 0.0447 e. The van der Waals surface area contributed by atoms with Crippen molar-refractivity contribution in [3.63, 3.8) is 0 Å². The maximum Gasteiger partial charge on any atom is 0.0447 e. The van der Waals surface area contributed by atoms with E-state index in [1.54, 1.807) is 5.54 Å². The minimum atomic E-state index is 0.0670. The molecule has 1 N–H and O–H groups in total. The van der Waals surface area contributed by atoms with Crippen molar-refractivity contribution in [1.29, 1.82) is 0 Å². The van der Waals surface area contributed by atoms with Gasteiger partial charge in [-0.05, 0) is 12.0 Å². The van der Waals surface area contributed by atoms with E-state index in [0.29, 0.717) is 5.92 Å². The average Bonchev–Trinajstić information content (AvgIpc) is 2.85. The molecule has 1 aromatic carbocycles. The molecule has 0 radical (unpaired) electrons. The van der Waals surface area contributed by atoms with Crippen molar-refractivity contribution in [2.45, 2.75) is 18.4 Å². The summed E-state index contributed by atoms with van der Waals surface area (Å²) in [4.78, 5) is 0. The molecule has 2 heteroatoms. The van der Waals surface area contributed by atoms with Crippen molar-refractivity contribution < 1.29 is 4.48 Å². The van der Waals surface area contributed by atoms with E-state index in [-0.39, 0.29) is 6.04 Å². The zero-order valence-corrected chi connectivity index (χ0v) is 6.13. The number of halogens is 1. The summed E-state index contributed by atoms with van der Waals surface area (Å²) in [6, 6.07) is 10.1. The van der Waals surface area contributed by atoms with Gasteiger partial charge in [0.2, 0.25) is 0 Å². The third kappa shape index (κ3) is 1.26. The highest BCUT2D eigenvalue weighted by molar-refractivity contribution is 5.27. The average molecular weight is 151 g/mol. The van der Waals surface area contributed by atoms with Gasteiger partial charge in [-0.1, -0.05) is 30.3 Å². The fourth-order valence-corrected chi connectivity index (χ4v) is 1.38. The van der Waals surface area contributed by atoms with E-state index in [2.05, 4.69) is 0 Å². The Balaban J connectivity index is 2.09. The van der Waals surface area contributed by atoms with Crippen LogP contribution in [0.15, 0.2) is 30.3 Å². The first-order valence-corrected chi connectivity index (χ1v) is 3.83. The van der Waals surface area contributed by atoms with Crippen molar-refractivity contribution in [3.8, 4) is 0 Å². The van der Waals surface area contributed by atoms with Gasteiger partial charge in [0, 0.05) is 12.0 Å². The molecule has 1 aliphatic carbocycles. The van der Waals surface area contributed by atoms with Gasteiger partial charge in [0.15, 0.2) is 0 Å². The summed E-state index contributed by atoms with van der Waals surface area (Å²) in [5.74, 6) is 0.404. The zero-order valence-electron chi connectivity index (χ0n) is 6.13. The lowest BCUT2D eigenvalue weighted by molar-refractivity contribution is 0.324. The van der Waals surface area contributed by atoms with Crippen LogP contribution in [0.4, 0.5) is 4.48 Å². The molecule has 1 saturated carbocycles. The topological polar surface area (TPSA) is 12.0 Å². The van der Waals surface area contributed by atoms with E-state index in [1.807, 2.05) is 30.3 Å². The Morgan fingerprint density at radius 3 is 2.55 bits per heavy atom. The predicted octanol–water partition coefficient (Wildman–Crippen LogP) is 2.02. The molecule has 0 bridgehead atoms. The highest BCUT2D eigenvalue weighted by Gasteiger charge is 2.38. The summed E-state index contributed by atoms with van der Waals surface area (Å²) in [6.07, 6.45) is 0.931. The molecule has 58 valence electrons. The maximum absolute atomic E-state index is 11.9. The van der Waals surface area contributed by atoms with Crippen molar-refractivity contribution >= 4 is 0 Å². The van der Waals surface area contributed by atoms with Crippen LogP contribution in [0.3, 0.4) is 0 Å². The SMILES string of the molecule is FNC1CC1c1ccccc1. The van der Waals surface area contributed by atoms with Crippen molar-refractivity contribution in [2.75, 3.05) is 0 Å². The zero-order chi connectivity index (χ0) is 7.68. The number of hydrogen-bond donors (Lipinski definition) is 1. The quantitative estimate of drug-likeness (QED) is 0.637. The van der Waals surface area contributed by atoms with Crippen LogP contribution in [0.5, 0.6) is 0 Å². The number of nitrogens with one attached hydrogen (secondary N) is 1. The summed E-state index contributed by atoms with van der Waals surface area (Å²) in [6.45, 7) is 0. The lowest BCUT2D eigenvalue weighted by Crippen LogP contribution is -2.04. The molecule has 0 saturated heterocycles. The van der Waals surface area contributed by atoms with E-state index < -0.39 is 0 Å². The van der Waals surface area contributed by atoms with Crippen molar-refractivity contribution in [3.05, 3.63) is 35.9 Å². The molecule has 1 aliphatic rings. The fraction of sp³-hybridized carbons (Fsp3) is 0.333. The van der Waals surface area contributed by atoms with Gasteiger partial charge < -0.3 is 0 Å². The van der Waals surface area contributed by atoms with E-state index in [4.69, 9.17) is 0 Å². The monoisotopic (exact) mass is 151 g/mol. The van der Waals surface area contributed by atoms with Gasteiger partial charge in [-0.3, -0.25) is 0 Å². The van der Waals surface area contributed by atoms with E-state index in [9.17, 15) is 4.48 Å². The van der Waals surface area contributed by atoms with Gasteiger partial charge in [0.25, 0.3) is 0 Å². The normalized spacial score (nSPS) is 28.5. The molecule has 1 fully saturated rings. The van der Waals surface area contributed by atoms with Gasteiger partial charge in [-0.2, -0.15) is 5.54 Å². The fourth-order valence-electron chi connectivity index (χ4n) is 1.38. The summed E-state index contributed by atoms with van der Waals surface area (Å²) < 4.78 is 11.9. The first kappa shape index (κ1) is 6.80. The second-order valence-corrected chi connectivity index (χ2v) is 2.97. The molecule has 11 heavy (non-hydrogen) atoms. The Bertz CT molecular complexity index is 235. The van der Waals surface area contributed by atoms with E-state index >= 15 is 0 Å². The van der Waals surface area contributed by atoms with Crippen LogP contribution in [0.1, 0.15) is 17.9 Å². The second kappa shape index (κ2) is 2.62. The van der Waals surface area contributed by atoms with E-state index in [1.165, 1.54) is 5.56 Å². The minimum absolute atomic E-state index is 0.0670. The third-order valence-electron chi connectivity index (χ3n) is 2.16. The Hall–Kier alpha value is -0.890. The van der Waals surface area contributed by atoms with E-state index in [0.717, 1.165) is 6.42 Å². The maximum atomic E-state index is 11.9. The highest BCUT2D eigenvalue weighted by atomic mass is 19.2. The molecule has 0 amide bonds. The molecular weight excluding hydrogens is 141 g/mol. The van der Waals surface area contributed by atoms with Gasteiger partial charge in [-0.15, -0.1) is 4.48 Å². The van der Waals surface area contributed by atoms with Crippen molar-refractivity contribution in [1.82, 2.24) is 5.54 Å². The van der Waals surface area contributed by atoms with Gasteiger partial charge in [0.05, 0.1) is 0 Å². The Morgan fingerprint density at radius 1 is 1.27 bits per heavy atom. The lowest BCUT2D eigenvalue weighted by atomic mass is 10.1. The summed E-state index contributed by atoms with van der Waals surface area (Å²) in [5.41, 5.74) is 3.03. The summed E-state index contributed by atoms with van der Waals surface area (Å²) in [7, 11) is 0. The van der Waals surface area contributed by atoms with Crippen LogP contribution in [-0.2, 0) is 0 Å². The molecule has 2 atom stereocenters. The first-order valence-electron chi connectivity index (χ1n) is 3.83. The van der Waals surface area contributed by atoms with Crippen LogP contribution >= 0.6 is 0 Å². The summed E-state index contributed by atoms with van der Waals surface area (Å²) in [5, 5.41) is 0. The molecular formula is C9H10FN. The third-order valence-corrected chi connectivity index (χ3v) is 2.16. The Kier molecular flexibility index (Phi) is 1.62. The molecule has 1 aromatic rings. The second-order valence-electron chi connectivity index (χ2n) is 2.97. The standard InChI is InChI=1S/C9H10FN/c10-11-9-6-8(9)7-4-2-1-3-5-7/h1-5,8-9,11H,6H2. The van der Waals surface area contributed by atoms with Gasteiger partial charge in [-0.25, -0.2) is 0 Å². The molecule has 2 unspecified atom stereocenters. The Labute approximate surface area is 65.2 Å². The Morgan fingerprint density at radius 2 is 2.00 bits per heavy atom. The lowest BCUT2D eigenvalue weighted by Gasteiger charge is -1.95. The molecule has 0 aliphatic heterocycles. The van der Waals surface area contributed by atoms with Gasteiger partial charge >= 0.3 is 0 Å². The predicted molar refractivity (Wildman–Crippen MR) is 41.8 cm³/mol. The van der Waals surface area contributed by atoms with Crippen LogP contribution in [-0.4, -0.2) is 6.04 Å². The largest absolute Gasteiger partial charge is 0.156 e. The molecule has 1 nitrogen and oxygen atoms in total.